The molecule has 0 spiro atoms. The van der Waals surface area contributed by atoms with Gasteiger partial charge in [-0.3, -0.25) is 9.59 Å². The van der Waals surface area contributed by atoms with Crippen LogP contribution in [0.25, 0.3) is 0 Å². The molecular formula is C13H14Cl2N2O2. The zero-order chi connectivity index (χ0) is 14.0. The standard InChI is InChI=1S/C13H14Cl2N2O2/c1-9(18)16-5-7-17(8-6-16)13(19)10-3-2-4-11(14)12(10)15/h2-4H,5-8H2,1H3. The molecule has 0 aliphatic carbocycles. The first-order valence-corrected chi connectivity index (χ1v) is 6.75. The highest BCUT2D eigenvalue weighted by atomic mass is 35.5. The van der Waals surface area contributed by atoms with Gasteiger partial charge >= 0.3 is 0 Å². The Hall–Kier alpha value is -1.26. The number of piperazine rings is 1. The van der Waals surface area contributed by atoms with Crippen LogP contribution in [0.5, 0.6) is 0 Å². The van der Waals surface area contributed by atoms with E-state index in [1.165, 1.54) is 6.92 Å². The van der Waals surface area contributed by atoms with E-state index < -0.39 is 0 Å². The van der Waals surface area contributed by atoms with Crippen molar-refractivity contribution in [2.24, 2.45) is 0 Å². The summed E-state index contributed by atoms with van der Waals surface area (Å²) in [5.74, 6) is -0.108. The molecule has 1 saturated heterocycles. The summed E-state index contributed by atoms with van der Waals surface area (Å²) in [6, 6.07) is 5.01. The monoisotopic (exact) mass is 300 g/mol. The lowest BCUT2D eigenvalue weighted by Gasteiger charge is -2.34. The molecule has 0 saturated carbocycles. The van der Waals surface area contributed by atoms with Crippen molar-refractivity contribution in [3.63, 3.8) is 0 Å². The Bertz CT molecular complexity index is 511. The predicted molar refractivity (Wildman–Crippen MR) is 74.6 cm³/mol. The average molecular weight is 301 g/mol. The van der Waals surface area contributed by atoms with Crippen LogP contribution in [-0.4, -0.2) is 47.8 Å². The van der Waals surface area contributed by atoms with E-state index in [1.807, 2.05) is 0 Å². The van der Waals surface area contributed by atoms with Crippen LogP contribution in [0, 0.1) is 0 Å². The molecule has 6 heteroatoms. The number of amides is 2. The smallest absolute Gasteiger partial charge is 0.255 e. The van der Waals surface area contributed by atoms with Gasteiger partial charge in [0.1, 0.15) is 0 Å². The number of nitrogens with zero attached hydrogens (tertiary/aromatic N) is 2. The second-order valence-electron chi connectivity index (χ2n) is 4.40. The predicted octanol–water partition coefficient (Wildman–Crippen LogP) is 2.30. The van der Waals surface area contributed by atoms with Crippen molar-refractivity contribution < 1.29 is 9.59 Å². The molecule has 4 nitrogen and oxygen atoms in total. The maximum atomic E-state index is 12.3. The third-order valence-corrected chi connectivity index (χ3v) is 4.01. The lowest BCUT2D eigenvalue weighted by atomic mass is 10.2. The highest BCUT2D eigenvalue weighted by Crippen LogP contribution is 2.26. The fourth-order valence-corrected chi connectivity index (χ4v) is 2.45. The molecule has 2 amide bonds. The molecule has 1 heterocycles. The highest BCUT2D eigenvalue weighted by Gasteiger charge is 2.24. The first-order valence-electron chi connectivity index (χ1n) is 5.99. The molecule has 0 bridgehead atoms. The van der Waals surface area contributed by atoms with E-state index in [9.17, 15) is 9.59 Å². The molecule has 102 valence electrons. The minimum Gasteiger partial charge on any atom is -0.339 e. The Morgan fingerprint density at radius 1 is 1.05 bits per heavy atom. The SMILES string of the molecule is CC(=O)N1CCN(C(=O)c2cccc(Cl)c2Cl)CC1. The van der Waals surface area contributed by atoms with Gasteiger partial charge < -0.3 is 9.80 Å². The van der Waals surface area contributed by atoms with E-state index in [0.717, 1.165) is 0 Å². The van der Waals surface area contributed by atoms with E-state index in [-0.39, 0.29) is 16.8 Å². The van der Waals surface area contributed by atoms with Crippen LogP contribution in [0.4, 0.5) is 0 Å². The molecule has 1 aliphatic heterocycles. The van der Waals surface area contributed by atoms with E-state index in [2.05, 4.69) is 0 Å². The molecule has 19 heavy (non-hydrogen) atoms. The molecule has 0 atom stereocenters. The average Bonchev–Trinajstić information content (AvgIpc) is 2.41. The van der Waals surface area contributed by atoms with Gasteiger partial charge in [0.05, 0.1) is 15.6 Å². The second-order valence-corrected chi connectivity index (χ2v) is 5.18. The summed E-state index contributed by atoms with van der Waals surface area (Å²) >= 11 is 11.9. The third-order valence-electron chi connectivity index (χ3n) is 3.19. The Kier molecular flexibility index (Phi) is 4.32. The Morgan fingerprint density at radius 3 is 2.21 bits per heavy atom. The molecule has 1 aliphatic rings. The molecule has 0 radical (unpaired) electrons. The van der Waals surface area contributed by atoms with Crippen molar-refractivity contribution in [2.75, 3.05) is 26.2 Å². The maximum absolute atomic E-state index is 12.3. The van der Waals surface area contributed by atoms with Gasteiger partial charge in [0.2, 0.25) is 5.91 Å². The number of hydrogen-bond acceptors (Lipinski definition) is 2. The van der Waals surface area contributed by atoms with Crippen LogP contribution in [0.3, 0.4) is 0 Å². The Balaban J connectivity index is 2.09. The molecule has 1 fully saturated rings. The summed E-state index contributed by atoms with van der Waals surface area (Å²) < 4.78 is 0. The fraction of sp³-hybridized carbons (Fsp3) is 0.385. The largest absolute Gasteiger partial charge is 0.339 e. The van der Waals surface area contributed by atoms with Crippen LogP contribution in [-0.2, 0) is 4.79 Å². The molecule has 0 unspecified atom stereocenters. The molecular weight excluding hydrogens is 287 g/mol. The number of carbonyl (C=O) groups is 2. The highest BCUT2D eigenvalue weighted by molar-refractivity contribution is 6.43. The van der Waals surface area contributed by atoms with Crippen molar-refractivity contribution in [1.29, 1.82) is 0 Å². The van der Waals surface area contributed by atoms with Crippen LogP contribution < -0.4 is 0 Å². The molecule has 1 aromatic rings. The Morgan fingerprint density at radius 2 is 1.63 bits per heavy atom. The van der Waals surface area contributed by atoms with Crippen molar-refractivity contribution in [2.45, 2.75) is 6.92 Å². The van der Waals surface area contributed by atoms with Crippen molar-refractivity contribution in [1.82, 2.24) is 9.80 Å². The molecule has 0 N–H and O–H groups in total. The number of rotatable bonds is 1. The summed E-state index contributed by atoms with van der Waals surface area (Å²) in [4.78, 5) is 27.0. The summed E-state index contributed by atoms with van der Waals surface area (Å²) in [7, 11) is 0. The van der Waals surface area contributed by atoms with Crippen LogP contribution in [0.1, 0.15) is 17.3 Å². The summed E-state index contributed by atoms with van der Waals surface area (Å²) in [5.41, 5.74) is 0.408. The van der Waals surface area contributed by atoms with Crippen LogP contribution >= 0.6 is 23.2 Å². The van der Waals surface area contributed by atoms with E-state index in [1.54, 1.807) is 28.0 Å². The minimum atomic E-state index is -0.143. The number of hydrogen-bond donors (Lipinski definition) is 0. The number of halogens is 2. The van der Waals surface area contributed by atoms with Crippen LogP contribution in [0.2, 0.25) is 10.0 Å². The minimum absolute atomic E-state index is 0.0351. The lowest BCUT2D eigenvalue weighted by Crippen LogP contribution is -2.50. The quantitative estimate of drug-likeness (QED) is 0.798. The normalized spacial score (nSPS) is 15.5. The van der Waals surface area contributed by atoms with E-state index >= 15 is 0 Å². The first-order chi connectivity index (χ1) is 9.00. The molecule has 2 rings (SSSR count). The zero-order valence-corrected chi connectivity index (χ0v) is 12.0. The van der Waals surface area contributed by atoms with Gasteiger partial charge in [-0.25, -0.2) is 0 Å². The maximum Gasteiger partial charge on any atom is 0.255 e. The van der Waals surface area contributed by atoms with E-state index in [0.29, 0.717) is 36.8 Å². The first kappa shape index (κ1) is 14.2. The summed E-state index contributed by atoms with van der Waals surface area (Å²) in [6.45, 7) is 3.67. The number of benzene rings is 1. The fourth-order valence-electron chi connectivity index (χ4n) is 2.06. The van der Waals surface area contributed by atoms with Crippen molar-refractivity contribution in [3.8, 4) is 0 Å². The third kappa shape index (κ3) is 3.01. The van der Waals surface area contributed by atoms with Gasteiger partial charge in [0, 0.05) is 33.1 Å². The van der Waals surface area contributed by atoms with Crippen molar-refractivity contribution in [3.05, 3.63) is 33.8 Å². The summed E-state index contributed by atoms with van der Waals surface area (Å²) in [6.07, 6.45) is 0. The van der Waals surface area contributed by atoms with Gasteiger partial charge in [0.15, 0.2) is 0 Å². The second kappa shape index (κ2) is 5.80. The molecule has 1 aromatic carbocycles. The van der Waals surface area contributed by atoms with Gasteiger partial charge in [-0.15, -0.1) is 0 Å². The number of carbonyl (C=O) groups excluding carboxylic acids is 2. The van der Waals surface area contributed by atoms with Crippen molar-refractivity contribution >= 4 is 35.0 Å². The van der Waals surface area contributed by atoms with Gasteiger partial charge in [0.25, 0.3) is 5.91 Å². The van der Waals surface area contributed by atoms with Gasteiger partial charge in [-0.05, 0) is 12.1 Å². The lowest BCUT2D eigenvalue weighted by molar-refractivity contribution is -0.130. The molecule has 0 aromatic heterocycles. The Labute approximate surface area is 121 Å². The van der Waals surface area contributed by atoms with Crippen LogP contribution in [0.15, 0.2) is 18.2 Å². The topological polar surface area (TPSA) is 40.6 Å². The van der Waals surface area contributed by atoms with Gasteiger partial charge in [-0.2, -0.15) is 0 Å². The summed E-state index contributed by atoms with van der Waals surface area (Å²) in [5, 5.41) is 0.651. The zero-order valence-electron chi connectivity index (χ0n) is 10.5. The van der Waals surface area contributed by atoms with Gasteiger partial charge in [-0.1, -0.05) is 29.3 Å². The van der Waals surface area contributed by atoms with E-state index in [4.69, 9.17) is 23.2 Å².